The number of amides is 1. The minimum atomic E-state index is -0.963. The first-order valence-electron chi connectivity index (χ1n) is 7.16. The molecular weight excluding hydrogens is 266 g/mol. The lowest BCUT2D eigenvalue weighted by atomic mass is 10.0. The summed E-state index contributed by atoms with van der Waals surface area (Å²) < 4.78 is 0. The Labute approximate surface area is 122 Å². The summed E-state index contributed by atoms with van der Waals surface area (Å²) in [5, 5.41) is 13.7. The molecule has 0 saturated heterocycles. The number of carboxylic acid groups (broad SMARTS) is 1. The number of rotatable bonds is 5. The lowest BCUT2D eigenvalue weighted by Crippen LogP contribution is -2.41. The Morgan fingerprint density at radius 1 is 1.14 bits per heavy atom. The van der Waals surface area contributed by atoms with Gasteiger partial charge in [0.2, 0.25) is 0 Å². The highest BCUT2D eigenvalue weighted by atomic mass is 16.4. The second-order valence-electron chi connectivity index (χ2n) is 5.57. The molecule has 2 N–H and O–H groups in total. The van der Waals surface area contributed by atoms with Crippen molar-refractivity contribution >= 4 is 22.6 Å². The zero-order chi connectivity index (χ0) is 14.8. The Morgan fingerprint density at radius 3 is 2.57 bits per heavy atom. The molecule has 4 heteroatoms. The first-order valence-corrected chi connectivity index (χ1v) is 7.16. The fourth-order valence-electron chi connectivity index (χ4n) is 2.57. The van der Waals surface area contributed by atoms with Crippen LogP contribution in [0.3, 0.4) is 0 Å². The van der Waals surface area contributed by atoms with Crippen LogP contribution < -0.4 is 5.32 Å². The van der Waals surface area contributed by atoms with Crippen molar-refractivity contribution in [3.05, 3.63) is 48.0 Å². The summed E-state index contributed by atoms with van der Waals surface area (Å²) in [5.74, 6) is -0.839. The molecule has 4 nitrogen and oxygen atoms in total. The van der Waals surface area contributed by atoms with Crippen molar-refractivity contribution < 1.29 is 14.7 Å². The van der Waals surface area contributed by atoms with Gasteiger partial charge in [0.15, 0.2) is 0 Å². The molecule has 1 aliphatic rings. The second kappa shape index (κ2) is 5.56. The van der Waals surface area contributed by atoms with Gasteiger partial charge < -0.3 is 10.4 Å². The molecule has 1 unspecified atom stereocenters. The molecule has 1 atom stereocenters. The van der Waals surface area contributed by atoms with Crippen LogP contribution in [-0.2, 0) is 4.79 Å². The molecule has 1 amide bonds. The maximum atomic E-state index is 12.4. The monoisotopic (exact) mass is 283 g/mol. The first-order chi connectivity index (χ1) is 10.1. The van der Waals surface area contributed by atoms with E-state index in [1.807, 2.05) is 36.4 Å². The summed E-state index contributed by atoms with van der Waals surface area (Å²) >= 11 is 0. The van der Waals surface area contributed by atoms with Crippen LogP contribution >= 0.6 is 0 Å². The Kier molecular flexibility index (Phi) is 3.60. The fourth-order valence-corrected chi connectivity index (χ4v) is 2.57. The number of carbonyl (C=O) groups is 2. The molecule has 1 aliphatic carbocycles. The summed E-state index contributed by atoms with van der Waals surface area (Å²) in [6.45, 7) is 0. The predicted molar refractivity (Wildman–Crippen MR) is 80.2 cm³/mol. The average molecular weight is 283 g/mol. The first kappa shape index (κ1) is 13.6. The highest BCUT2D eigenvalue weighted by Crippen LogP contribution is 2.33. The van der Waals surface area contributed by atoms with E-state index in [1.165, 1.54) is 0 Å². The van der Waals surface area contributed by atoms with Crippen LogP contribution in [-0.4, -0.2) is 23.0 Å². The van der Waals surface area contributed by atoms with Gasteiger partial charge in [0.1, 0.15) is 6.04 Å². The summed E-state index contributed by atoms with van der Waals surface area (Å²) in [5.41, 5.74) is 0.523. The van der Waals surface area contributed by atoms with Gasteiger partial charge in [-0.25, -0.2) is 4.79 Å². The van der Waals surface area contributed by atoms with E-state index in [2.05, 4.69) is 5.32 Å². The lowest BCUT2D eigenvalue weighted by molar-refractivity contribution is -0.139. The van der Waals surface area contributed by atoms with Crippen molar-refractivity contribution in [2.45, 2.75) is 25.3 Å². The smallest absolute Gasteiger partial charge is 0.326 e. The SMILES string of the molecule is O=C(NC(CC1CC1)C(=O)O)c1cccc2ccccc12. The van der Waals surface area contributed by atoms with Crippen LogP contribution in [0.25, 0.3) is 10.8 Å². The molecule has 0 heterocycles. The Balaban J connectivity index is 1.84. The number of carboxylic acids is 1. The Bertz CT molecular complexity index is 686. The van der Waals surface area contributed by atoms with E-state index < -0.39 is 12.0 Å². The van der Waals surface area contributed by atoms with E-state index in [1.54, 1.807) is 6.07 Å². The molecule has 108 valence electrons. The minimum absolute atomic E-state index is 0.320. The number of hydrogen-bond donors (Lipinski definition) is 2. The van der Waals surface area contributed by atoms with Gasteiger partial charge in [-0.15, -0.1) is 0 Å². The molecule has 1 fully saturated rings. The normalized spacial score (nSPS) is 15.6. The van der Waals surface area contributed by atoms with Crippen molar-refractivity contribution in [3.8, 4) is 0 Å². The van der Waals surface area contributed by atoms with Crippen LogP contribution in [0, 0.1) is 5.92 Å². The van der Waals surface area contributed by atoms with Crippen molar-refractivity contribution in [1.29, 1.82) is 0 Å². The van der Waals surface area contributed by atoms with Crippen LogP contribution in [0.4, 0.5) is 0 Å². The highest BCUT2D eigenvalue weighted by molar-refractivity contribution is 6.07. The minimum Gasteiger partial charge on any atom is -0.480 e. The number of hydrogen-bond acceptors (Lipinski definition) is 2. The molecule has 0 spiro atoms. The van der Waals surface area contributed by atoms with Gasteiger partial charge in [-0.1, -0.05) is 49.2 Å². The summed E-state index contributed by atoms with van der Waals surface area (Å²) in [7, 11) is 0. The van der Waals surface area contributed by atoms with Crippen LogP contribution in [0.15, 0.2) is 42.5 Å². The van der Waals surface area contributed by atoms with Gasteiger partial charge in [0.25, 0.3) is 5.91 Å². The van der Waals surface area contributed by atoms with Crippen molar-refractivity contribution in [2.75, 3.05) is 0 Å². The van der Waals surface area contributed by atoms with Crippen molar-refractivity contribution in [2.24, 2.45) is 5.92 Å². The molecule has 0 radical (unpaired) electrons. The molecule has 21 heavy (non-hydrogen) atoms. The lowest BCUT2D eigenvalue weighted by Gasteiger charge is -2.15. The maximum absolute atomic E-state index is 12.4. The molecule has 1 saturated carbocycles. The fraction of sp³-hybridized carbons (Fsp3) is 0.294. The summed E-state index contributed by atoms with van der Waals surface area (Å²) in [4.78, 5) is 23.7. The van der Waals surface area contributed by atoms with Crippen LogP contribution in [0.1, 0.15) is 29.6 Å². The zero-order valence-electron chi connectivity index (χ0n) is 11.6. The number of fused-ring (bicyclic) bond motifs is 1. The molecule has 3 rings (SSSR count). The van der Waals surface area contributed by atoms with Gasteiger partial charge in [-0.2, -0.15) is 0 Å². The largest absolute Gasteiger partial charge is 0.480 e. The van der Waals surface area contributed by atoms with Gasteiger partial charge in [-0.05, 0) is 29.2 Å². The van der Waals surface area contributed by atoms with Gasteiger partial charge in [0.05, 0.1) is 0 Å². The molecule has 0 aromatic heterocycles. The molecule has 0 aliphatic heterocycles. The topological polar surface area (TPSA) is 66.4 Å². The molecular formula is C17H17NO3. The van der Waals surface area contributed by atoms with E-state index >= 15 is 0 Å². The van der Waals surface area contributed by atoms with E-state index in [0.29, 0.717) is 17.9 Å². The third-order valence-corrected chi connectivity index (χ3v) is 3.90. The molecule has 2 aromatic carbocycles. The van der Waals surface area contributed by atoms with E-state index in [4.69, 9.17) is 0 Å². The van der Waals surface area contributed by atoms with Gasteiger partial charge in [0, 0.05) is 5.56 Å². The van der Waals surface area contributed by atoms with E-state index in [9.17, 15) is 14.7 Å². The second-order valence-corrected chi connectivity index (χ2v) is 5.57. The number of benzene rings is 2. The number of nitrogens with one attached hydrogen (secondary N) is 1. The quantitative estimate of drug-likeness (QED) is 0.886. The maximum Gasteiger partial charge on any atom is 0.326 e. The Hall–Kier alpha value is -2.36. The summed E-state index contributed by atoms with van der Waals surface area (Å²) in [6, 6.07) is 12.3. The van der Waals surface area contributed by atoms with E-state index in [-0.39, 0.29) is 5.91 Å². The number of carbonyl (C=O) groups excluding carboxylic acids is 1. The third kappa shape index (κ3) is 3.05. The zero-order valence-corrected chi connectivity index (χ0v) is 11.6. The van der Waals surface area contributed by atoms with E-state index in [0.717, 1.165) is 23.6 Å². The van der Waals surface area contributed by atoms with Crippen molar-refractivity contribution in [3.63, 3.8) is 0 Å². The molecule has 2 aromatic rings. The molecule has 0 bridgehead atoms. The van der Waals surface area contributed by atoms with Crippen molar-refractivity contribution in [1.82, 2.24) is 5.32 Å². The third-order valence-electron chi connectivity index (χ3n) is 3.90. The van der Waals surface area contributed by atoms with Gasteiger partial charge in [-0.3, -0.25) is 4.79 Å². The predicted octanol–water partition coefficient (Wildman–Crippen LogP) is 2.82. The van der Waals surface area contributed by atoms with Crippen LogP contribution in [0.5, 0.6) is 0 Å². The summed E-state index contributed by atoms with van der Waals surface area (Å²) in [6.07, 6.45) is 2.65. The average Bonchev–Trinajstić information content (AvgIpc) is 3.29. The van der Waals surface area contributed by atoms with Crippen LogP contribution in [0.2, 0.25) is 0 Å². The highest BCUT2D eigenvalue weighted by Gasteiger charge is 2.30. The number of aliphatic carboxylic acids is 1. The Morgan fingerprint density at radius 2 is 1.86 bits per heavy atom. The standard InChI is InChI=1S/C17H17NO3/c19-16(18-15(17(20)21)10-11-8-9-11)14-7-3-5-12-4-1-2-6-13(12)14/h1-7,11,15H,8-10H2,(H,18,19)(H,20,21). The van der Waals surface area contributed by atoms with Gasteiger partial charge >= 0.3 is 5.97 Å².